The van der Waals surface area contributed by atoms with Gasteiger partial charge in [-0.15, -0.1) is 0 Å². The number of fused-ring (bicyclic) bond motifs is 1. The molecule has 0 aliphatic carbocycles. The van der Waals surface area contributed by atoms with Crippen LogP contribution in [-0.4, -0.2) is 49.6 Å². The van der Waals surface area contributed by atoms with Crippen molar-refractivity contribution in [2.24, 2.45) is 0 Å². The number of anilines is 2. The Hall–Kier alpha value is -3.35. The fourth-order valence-electron chi connectivity index (χ4n) is 4.39. The van der Waals surface area contributed by atoms with Crippen LogP contribution >= 0.6 is 0 Å². The maximum absolute atomic E-state index is 12.5. The molecule has 4 rings (SSSR count). The predicted octanol–water partition coefficient (Wildman–Crippen LogP) is 2.71. The number of Topliss-reactive ketones (excluding diaryl/α,β-unsaturated/α-hetero) is 1. The van der Waals surface area contributed by atoms with E-state index < -0.39 is 6.09 Å². The van der Waals surface area contributed by atoms with Gasteiger partial charge in [-0.25, -0.2) is 4.79 Å². The number of cyclic esters (lactones) is 1. The molecular weight excluding hydrogens is 394 g/mol. The van der Waals surface area contributed by atoms with Crippen LogP contribution in [0.5, 0.6) is 0 Å². The average Bonchev–Trinajstić information content (AvgIpc) is 3.01. The van der Waals surface area contributed by atoms with Crippen molar-refractivity contribution in [3.05, 3.63) is 59.7 Å². The lowest BCUT2D eigenvalue weighted by Crippen LogP contribution is -2.42. The van der Waals surface area contributed by atoms with Crippen LogP contribution in [-0.2, 0) is 27.2 Å². The molecule has 31 heavy (non-hydrogen) atoms. The van der Waals surface area contributed by atoms with Gasteiger partial charge in [0, 0.05) is 37.8 Å². The van der Waals surface area contributed by atoms with E-state index in [0.717, 1.165) is 28.9 Å². The second-order valence-electron chi connectivity index (χ2n) is 8.10. The van der Waals surface area contributed by atoms with Crippen LogP contribution in [0, 0.1) is 0 Å². The Bertz CT molecular complexity index is 992. The van der Waals surface area contributed by atoms with E-state index in [-0.39, 0.29) is 30.4 Å². The third kappa shape index (κ3) is 4.40. The molecule has 2 aliphatic heterocycles. The van der Waals surface area contributed by atoms with Crippen molar-refractivity contribution in [3.63, 3.8) is 0 Å². The van der Waals surface area contributed by atoms with Gasteiger partial charge < -0.3 is 15.0 Å². The molecule has 2 amide bonds. The normalized spacial score (nSPS) is 20.6. The molecule has 0 radical (unpaired) electrons. The summed E-state index contributed by atoms with van der Waals surface area (Å²) >= 11 is 0. The molecule has 162 valence electrons. The number of nitrogens with zero attached hydrogens (tertiary/aromatic N) is 2. The topological polar surface area (TPSA) is 79.0 Å². The van der Waals surface area contributed by atoms with Crippen LogP contribution in [0.1, 0.15) is 25.0 Å². The van der Waals surface area contributed by atoms with Crippen LogP contribution in [0.15, 0.2) is 48.5 Å². The van der Waals surface area contributed by atoms with E-state index in [1.807, 2.05) is 48.5 Å². The molecule has 7 heteroatoms. The van der Waals surface area contributed by atoms with Gasteiger partial charge in [0.15, 0.2) is 5.78 Å². The summed E-state index contributed by atoms with van der Waals surface area (Å²) in [6, 6.07) is 15.5. The summed E-state index contributed by atoms with van der Waals surface area (Å²) in [7, 11) is 0. The Morgan fingerprint density at radius 1 is 1.06 bits per heavy atom. The quantitative estimate of drug-likeness (QED) is 0.803. The third-order valence-corrected chi connectivity index (χ3v) is 5.98. The zero-order valence-corrected chi connectivity index (χ0v) is 17.8. The molecule has 2 atom stereocenters. The minimum absolute atomic E-state index is 0.138. The van der Waals surface area contributed by atoms with Crippen LogP contribution < -0.4 is 15.1 Å². The van der Waals surface area contributed by atoms with E-state index >= 15 is 0 Å². The summed E-state index contributed by atoms with van der Waals surface area (Å²) < 4.78 is 5.24. The molecule has 0 bridgehead atoms. The number of hydrogen-bond acceptors (Lipinski definition) is 5. The first-order chi connectivity index (χ1) is 14.9. The number of benzene rings is 2. The number of rotatable bonds is 5. The van der Waals surface area contributed by atoms with Crippen molar-refractivity contribution in [1.82, 2.24) is 5.32 Å². The van der Waals surface area contributed by atoms with Gasteiger partial charge in [-0.05, 0) is 48.7 Å². The van der Waals surface area contributed by atoms with Gasteiger partial charge >= 0.3 is 6.09 Å². The van der Waals surface area contributed by atoms with Crippen LogP contribution in [0.4, 0.5) is 16.2 Å². The fourth-order valence-corrected chi connectivity index (χ4v) is 4.39. The number of ether oxygens (including phenoxy) is 1. The highest BCUT2D eigenvalue weighted by atomic mass is 16.6. The number of hydrogen-bond donors (Lipinski definition) is 1. The molecule has 0 spiro atoms. The van der Waals surface area contributed by atoms with Crippen LogP contribution in [0.2, 0.25) is 0 Å². The van der Waals surface area contributed by atoms with E-state index in [0.29, 0.717) is 19.5 Å². The van der Waals surface area contributed by atoms with Gasteiger partial charge in [0.1, 0.15) is 6.61 Å². The summed E-state index contributed by atoms with van der Waals surface area (Å²) in [5.74, 6) is -0.00298. The van der Waals surface area contributed by atoms with E-state index in [1.54, 1.807) is 11.8 Å². The number of nitrogens with one attached hydrogen (secondary N) is 1. The highest BCUT2D eigenvalue weighted by Crippen LogP contribution is 2.30. The summed E-state index contributed by atoms with van der Waals surface area (Å²) in [5, 5.41) is 2.77. The monoisotopic (exact) mass is 421 g/mol. The van der Waals surface area contributed by atoms with Crippen molar-refractivity contribution in [2.75, 3.05) is 29.5 Å². The van der Waals surface area contributed by atoms with Crippen LogP contribution in [0.3, 0.4) is 0 Å². The molecular formula is C24H27N3O4. The highest BCUT2D eigenvalue weighted by molar-refractivity contribution is 5.91. The number of carbonyl (C=O) groups is 3. The Balaban J connectivity index is 1.61. The fraction of sp³-hybridized carbons (Fsp3) is 0.375. The van der Waals surface area contributed by atoms with Gasteiger partial charge in [0.05, 0.1) is 12.1 Å². The van der Waals surface area contributed by atoms with E-state index in [1.165, 1.54) is 6.92 Å². The standard InChI is InChI=1S/C24H27N3O4/c1-16(28)23-13-18-8-9-21(27-22(14-25-17(2)29)15-31-24(27)30)12-19(18)10-11-26(23)20-6-4-3-5-7-20/h3-9,12,22-23H,10-11,13-15H2,1-2H3,(H,25,29). The summed E-state index contributed by atoms with van der Waals surface area (Å²) in [6.45, 7) is 4.39. The van der Waals surface area contributed by atoms with E-state index in [4.69, 9.17) is 4.74 Å². The van der Waals surface area contributed by atoms with Gasteiger partial charge in [0.2, 0.25) is 5.91 Å². The second-order valence-corrected chi connectivity index (χ2v) is 8.10. The molecule has 1 fully saturated rings. The summed E-state index contributed by atoms with van der Waals surface area (Å²) in [5.41, 5.74) is 4.03. The van der Waals surface area contributed by atoms with Gasteiger partial charge in [-0.3, -0.25) is 14.5 Å². The van der Waals surface area contributed by atoms with Gasteiger partial charge in [0.25, 0.3) is 0 Å². The minimum atomic E-state index is -0.406. The number of carbonyl (C=O) groups excluding carboxylic acids is 3. The Labute approximate surface area is 182 Å². The Morgan fingerprint density at radius 3 is 2.55 bits per heavy atom. The second kappa shape index (κ2) is 8.79. The zero-order chi connectivity index (χ0) is 22.0. The molecule has 2 aromatic rings. The molecule has 0 aromatic heterocycles. The summed E-state index contributed by atoms with van der Waals surface area (Å²) in [6.07, 6.45) is 0.984. The highest BCUT2D eigenvalue weighted by Gasteiger charge is 2.35. The number of amides is 2. The SMILES string of the molecule is CC(=O)NCC1COC(=O)N1c1ccc2c(c1)CCN(c1ccccc1)C(C(C)=O)C2. The number of para-hydroxylation sites is 1. The molecule has 2 unspecified atom stereocenters. The minimum Gasteiger partial charge on any atom is -0.447 e. The van der Waals surface area contributed by atoms with E-state index in [9.17, 15) is 14.4 Å². The summed E-state index contributed by atoms with van der Waals surface area (Å²) in [4.78, 5) is 40.0. The zero-order valence-electron chi connectivity index (χ0n) is 17.8. The smallest absolute Gasteiger partial charge is 0.414 e. The largest absolute Gasteiger partial charge is 0.447 e. The molecule has 1 N–H and O–H groups in total. The molecule has 2 aliphatic rings. The van der Waals surface area contributed by atoms with Gasteiger partial charge in [-0.2, -0.15) is 0 Å². The first kappa shape index (κ1) is 20.9. The van der Waals surface area contributed by atoms with Crippen molar-refractivity contribution < 1.29 is 19.1 Å². The van der Waals surface area contributed by atoms with Crippen molar-refractivity contribution >= 4 is 29.2 Å². The van der Waals surface area contributed by atoms with Crippen LogP contribution in [0.25, 0.3) is 0 Å². The predicted molar refractivity (Wildman–Crippen MR) is 118 cm³/mol. The number of ketones is 1. The molecule has 2 aromatic carbocycles. The lowest BCUT2D eigenvalue weighted by molar-refractivity contribution is -0.119. The lowest BCUT2D eigenvalue weighted by atomic mass is 9.97. The first-order valence-corrected chi connectivity index (χ1v) is 10.6. The van der Waals surface area contributed by atoms with Crippen molar-refractivity contribution in [1.29, 1.82) is 0 Å². The van der Waals surface area contributed by atoms with E-state index in [2.05, 4.69) is 10.2 Å². The molecule has 0 saturated carbocycles. The van der Waals surface area contributed by atoms with Crippen molar-refractivity contribution in [2.45, 2.75) is 38.8 Å². The molecule has 7 nitrogen and oxygen atoms in total. The molecule has 2 heterocycles. The van der Waals surface area contributed by atoms with Crippen molar-refractivity contribution in [3.8, 4) is 0 Å². The Kier molecular flexibility index (Phi) is 5.93. The maximum Gasteiger partial charge on any atom is 0.414 e. The maximum atomic E-state index is 12.5. The molecule has 1 saturated heterocycles. The van der Waals surface area contributed by atoms with Gasteiger partial charge in [-0.1, -0.05) is 24.3 Å². The average molecular weight is 421 g/mol. The lowest BCUT2D eigenvalue weighted by Gasteiger charge is -2.30. The Morgan fingerprint density at radius 2 is 1.84 bits per heavy atom. The third-order valence-electron chi connectivity index (χ3n) is 5.98. The first-order valence-electron chi connectivity index (χ1n) is 10.6.